The van der Waals surface area contributed by atoms with E-state index in [9.17, 15) is 19.2 Å². The van der Waals surface area contributed by atoms with Gasteiger partial charge in [-0.25, -0.2) is 4.39 Å². The molecule has 42 heavy (non-hydrogen) atoms. The van der Waals surface area contributed by atoms with Crippen molar-refractivity contribution in [3.05, 3.63) is 137 Å². The summed E-state index contributed by atoms with van der Waals surface area (Å²) in [6.45, 7) is 1.28. The summed E-state index contributed by atoms with van der Waals surface area (Å²) in [5, 5.41) is 0. The zero-order valence-electron chi connectivity index (χ0n) is 22.5. The number of anilines is 1. The van der Waals surface area contributed by atoms with Gasteiger partial charge in [0, 0.05) is 35.2 Å². The van der Waals surface area contributed by atoms with Crippen molar-refractivity contribution in [2.45, 2.75) is 24.9 Å². The van der Waals surface area contributed by atoms with Crippen molar-refractivity contribution in [2.24, 2.45) is 5.41 Å². The number of halogens is 1. The van der Waals surface area contributed by atoms with Crippen LogP contribution in [0.15, 0.2) is 103 Å². The van der Waals surface area contributed by atoms with Crippen LogP contribution in [-0.2, 0) is 4.79 Å². The zero-order chi connectivity index (χ0) is 29.2. The average molecular weight is 558 g/mol. The molecule has 1 spiro atoms. The highest BCUT2D eigenvalue weighted by molar-refractivity contribution is 6.32. The van der Waals surface area contributed by atoms with Crippen molar-refractivity contribution >= 4 is 35.1 Å². The molecule has 3 atom stereocenters. The monoisotopic (exact) mass is 557 g/mol. The summed E-state index contributed by atoms with van der Waals surface area (Å²) in [6.07, 6.45) is 3.66. The first-order valence-corrected chi connectivity index (χ1v) is 13.7. The zero-order valence-corrected chi connectivity index (χ0v) is 22.5. The summed E-state index contributed by atoms with van der Waals surface area (Å²) >= 11 is 0. The molecule has 1 saturated heterocycles. The maximum atomic E-state index is 15.8. The Kier molecular flexibility index (Phi) is 5.80. The van der Waals surface area contributed by atoms with Crippen molar-refractivity contribution in [3.63, 3.8) is 0 Å². The van der Waals surface area contributed by atoms with Gasteiger partial charge in [-0.05, 0) is 47.5 Å². The highest BCUT2D eigenvalue weighted by Gasteiger charge is 2.71. The van der Waals surface area contributed by atoms with Crippen LogP contribution < -0.4 is 9.64 Å². The Bertz CT molecular complexity index is 1810. The summed E-state index contributed by atoms with van der Waals surface area (Å²) in [4.78, 5) is 57.1. The molecule has 2 heterocycles. The molecule has 2 aliphatic heterocycles. The van der Waals surface area contributed by atoms with Crippen molar-refractivity contribution in [1.29, 1.82) is 0 Å². The second-order valence-electron chi connectivity index (χ2n) is 10.8. The van der Waals surface area contributed by atoms with Crippen LogP contribution in [0.1, 0.15) is 55.0 Å². The fourth-order valence-electron chi connectivity index (χ4n) is 7.01. The Morgan fingerprint density at radius 1 is 0.810 bits per heavy atom. The molecule has 7 heteroatoms. The predicted octanol–water partition coefficient (Wildman–Crippen LogP) is 6.07. The molecule has 1 aliphatic carbocycles. The van der Waals surface area contributed by atoms with E-state index < -0.39 is 46.8 Å². The maximum Gasteiger partial charge on any atom is 0.308 e. The van der Waals surface area contributed by atoms with Crippen molar-refractivity contribution in [2.75, 3.05) is 4.90 Å². The van der Waals surface area contributed by atoms with Gasteiger partial charge in [-0.3, -0.25) is 19.2 Å². The number of hydrogen-bond donors (Lipinski definition) is 0. The molecule has 0 amide bonds. The van der Waals surface area contributed by atoms with Crippen LogP contribution in [0, 0.1) is 11.2 Å². The van der Waals surface area contributed by atoms with Crippen LogP contribution in [0.4, 0.5) is 10.1 Å². The van der Waals surface area contributed by atoms with Crippen LogP contribution >= 0.6 is 0 Å². The molecule has 7 rings (SSSR count). The Balaban J connectivity index is 1.50. The quantitative estimate of drug-likeness (QED) is 0.131. The molecule has 0 unspecified atom stereocenters. The summed E-state index contributed by atoms with van der Waals surface area (Å²) in [7, 11) is 0. The number of Topliss-reactive ketones (excluding diaryl/α,β-unsaturated/α-hetero) is 3. The maximum absolute atomic E-state index is 15.8. The molecule has 0 radical (unpaired) electrons. The number of hydrogen-bond acceptors (Lipinski definition) is 6. The topological polar surface area (TPSA) is 80.8 Å². The molecule has 0 aromatic heterocycles. The normalized spacial score (nSPS) is 21.2. The third-order valence-electron chi connectivity index (χ3n) is 8.62. The first-order valence-electron chi connectivity index (χ1n) is 13.7. The van der Waals surface area contributed by atoms with E-state index in [1.807, 2.05) is 35.2 Å². The molecular weight excluding hydrogens is 533 g/mol. The van der Waals surface area contributed by atoms with Gasteiger partial charge in [-0.2, -0.15) is 0 Å². The van der Waals surface area contributed by atoms with E-state index in [4.69, 9.17) is 4.74 Å². The minimum Gasteiger partial charge on any atom is -0.427 e. The Hall–Kier alpha value is -5.17. The summed E-state index contributed by atoms with van der Waals surface area (Å²) in [5.74, 6) is -3.20. The van der Waals surface area contributed by atoms with Gasteiger partial charge in [-0.15, -0.1) is 0 Å². The smallest absolute Gasteiger partial charge is 0.308 e. The minimum atomic E-state index is -1.78. The Morgan fingerprint density at radius 3 is 2.10 bits per heavy atom. The number of nitrogens with zero attached hydrogens (tertiary/aromatic N) is 1. The van der Waals surface area contributed by atoms with E-state index >= 15 is 4.39 Å². The predicted molar refractivity (Wildman–Crippen MR) is 154 cm³/mol. The second-order valence-corrected chi connectivity index (χ2v) is 10.8. The molecule has 0 saturated carbocycles. The van der Waals surface area contributed by atoms with Gasteiger partial charge in [-0.1, -0.05) is 72.8 Å². The number of carbonyl (C=O) groups is 4. The Labute approximate surface area is 241 Å². The fraction of sp³-hybridized carbons (Fsp3) is 0.143. The molecular formula is C35H24FNO5. The van der Waals surface area contributed by atoms with Gasteiger partial charge in [0.2, 0.25) is 0 Å². The standard InChI is InChI=1S/C35H24FNO5/c1-20(38)42-23-17-14-22(15-18-23)32(39)31-30(26-11-5-6-12-27(26)36)35(33(40)24-9-3-4-10-25(24)34(35)41)29-19-16-21-8-2-7-13-28(21)37(29)31/h2-19,29-31H,1H3/t29-,30-,31-/m1/s1. The highest BCUT2D eigenvalue weighted by atomic mass is 19.1. The number of para-hydroxylation sites is 1. The van der Waals surface area contributed by atoms with E-state index in [2.05, 4.69) is 0 Å². The van der Waals surface area contributed by atoms with Crippen LogP contribution in [0.3, 0.4) is 0 Å². The summed E-state index contributed by atoms with van der Waals surface area (Å²) < 4.78 is 21.0. The first-order chi connectivity index (χ1) is 20.3. The van der Waals surface area contributed by atoms with E-state index in [-0.39, 0.29) is 33.8 Å². The molecule has 4 aromatic carbocycles. The third kappa shape index (κ3) is 3.49. The number of fused-ring (bicyclic) bond motifs is 5. The second kappa shape index (κ2) is 9.45. The lowest BCUT2D eigenvalue weighted by molar-refractivity contribution is -0.131. The van der Waals surface area contributed by atoms with Gasteiger partial charge >= 0.3 is 5.97 Å². The minimum absolute atomic E-state index is 0.127. The van der Waals surface area contributed by atoms with Crippen molar-refractivity contribution < 1.29 is 28.3 Å². The molecule has 0 N–H and O–H groups in total. The SMILES string of the molecule is CC(=O)Oc1ccc(C(=O)[C@H]2[C@@H](c3ccccc3F)C3(C(=O)c4ccccc4C3=O)[C@H]3C=Cc4ccccc4N23)cc1. The van der Waals surface area contributed by atoms with Crippen LogP contribution in [0.25, 0.3) is 6.08 Å². The van der Waals surface area contributed by atoms with Crippen LogP contribution in [-0.4, -0.2) is 35.4 Å². The van der Waals surface area contributed by atoms with Gasteiger partial charge in [0.1, 0.15) is 23.0 Å². The fourth-order valence-corrected chi connectivity index (χ4v) is 7.01. The molecule has 206 valence electrons. The van der Waals surface area contributed by atoms with E-state index in [0.29, 0.717) is 5.69 Å². The van der Waals surface area contributed by atoms with Crippen molar-refractivity contribution in [3.8, 4) is 5.75 Å². The van der Waals surface area contributed by atoms with E-state index in [1.54, 1.807) is 48.5 Å². The molecule has 6 nitrogen and oxygen atoms in total. The van der Waals surface area contributed by atoms with Gasteiger partial charge in [0.15, 0.2) is 17.3 Å². The summed E-state index contributed by atoms with van der Waals surface area (Å²) in [5.41, 5.74) is 0.655. The Morgan fingerprint density at radius 2 is 1.43 bits per heavy atom. The molecule has 1 fully saturated rings. The largest absolute Gasteiger partial charge is 0.427 e. The number of benzene rings is 4. The number of carbonyl (C=O) groups excluding carboxylic acids is 4. The van der Waals surface area contributed by atoms with Gasteiger partial charge in [0.25, 0.3) is 0 Å². The third-order valence-corrected chi connectivity index (χ3v) is 8.62. The lowest BCUT2D eigenvalue weighted by Gasteiger charge is -2.37. The van der Waals surface area contributed by atoms with Crippen molar-refractivity contribution in [1.82, 2.24) is 0 Å². The number of rotatable bonds is 4. The highest BCUT2D eigenvalue weighted by Crippen LogP contribution is 2.61. The number of esters is 1. The molecule has 0 bridgehead atoms. The molecule has 4 aromatic rings. The van der Waals surface area contributed by atoms with Crippen LogP contribution in [0.5, 0.6) is 5.75 Å². The lowest BCUT2D eigenvalue weighted by Crippen LogP contribution is -2.48. The van der Waals surface area contributed by atoms with Gasteiger partial charge < -0.3 is 9.64 Å². The lowest BCUT2D eigenvalue weighted by atomic mass is 9.64. The molecule has 3 aliphatic rings. The van der Waals surface area contributed by atoms with Crippen LogP contribution in [0.2, 0.25) is 0 Å². The first kappa shape index (κ1) is 25.8. The summed E-state index contributed by atoms with van der Waals surface area (Å²) in [6, 6.07) is 24.3. The average Bonchev–Trinajstić information content (AvgIpc) is 3.43. The van der Waals surface area contributed by atoms with E-state index in [0.717, 1.165) is 5.56 Å². The number of ketones is 3. The number of ether oxygens (including phenoxy) is 1. The van der Waals surface area contributed by atoms with Gasteiger partial charge in [0.05, 0.1) is 6.04 Å². The van der Waals surface area contributed by atoms with E-state index in [1.165, 1.54) is 37.3 Å².